The first kappa shape index (κ1) is 23.1. The van der Waals surface area contributed by atoms with Gasteiger partial charge in [0.2, 0.25) is 0 Å². The van der Waals surface area contributed by atoms with Crippen LogP contribution in [0.25, 0.3) is 0 Å². The van der Waals surface area contributed by atoms with Gasteiger partial charge in [0.15, 0.2) is 0 Å². The molecular formula is C22H38O6. The molecule has 6 heteroatoms. The van der Waals surface area contributed by atoms with Gasteiger partial charge < -0.3 is 19.7 Å². The Kier molecular flexibility index (Phi) is 9.22. The molecule has 162 valence electrons. The van der Waals surface area contributed by atoms with Crippen LogP contribution >= 0.6 is 0 Å². The molecule has 2 fully saturated rings. The van der Waals surface area contributed by atoms with Gasteiger partial charge in [0.05, 0.1) is 24.0 Å². The minimum Gasteiger partial charge on any atom is -0.462 e. The Morgan fingerprint density at radius 1 is 1.04 bits per heavy atom. The van der Waals surface area contributed by atoms with Gasteiger partial charge in [0, 0.05) is 0 Å². The summed E-state index contributed by atoms with van der Waals surface area (Å²) in [5.74, 6) is -0.412. The third kappa shape index (κ3) is 7.03. The molecule has 0 amide bonds. The van der Waals surface area contributed by atoms with Crippen molar-refractivity contribution in [3.63, 3.8) is 0 Å². The molecule has 28 heavy (non-hydrogen) atoms. The second-order valence-electron chi connectivity index (χ2n) is 8.86. The number of hydrogen-bond acceptors (Lipinski definition) is 6. The molecule has 2 N–H and O–H groups in total. The van der Waals surface area contributed by atoms with Gasteiger partial charge in [0.1, 0.15) is 12.2 Å². The first-order chi connectivity index (χ1) is 13.3. The number of carbonyl (C=O) groups is 2. The van der Waals surface area contributed by atoms with Crippen LogP contribution in [0.2, 0.25) is 0 Å². The highest BCUT2D eigenvalue weighted by Crippen LogP contribution is 2.32. The third-order valence-corrected chi connectivity index (χ3v) is 6.38. The normalized spacial score (nSPS) is 33.0. The number of hydrogen-bond donors (Lipinski definition) is 2. The summed E-state index contributed by atoms with van der Waals surface area (Å²) in [7, 11) is 0. The molecule has 5 unspecified atom stereocenters. The fourth-order valence-corrected chi connectivity index (χ4v) is 4.35. The van der Waals surface area contributed by atoms with E-state index in [1.807, 2.05) is 13.8 Å². The van der Waals surface area contributed by atoms with Crippen molar-refractivity contribution in [2.75, 3.05) is 0 Å². The zero-order valence-corrected chi connectivity index (χ0v) is 17.6. The van der Waals surface area contributed by atoms with Gasteiger partial charge in [0.25, 0.3) is 0 Å². The molecule has 0 spiro atoms. The van der Waals surface area contributed by atoms with Crippen molar-refractivity contribution in [1.82, 2.24) is 0 Å². The summed E-state index contributed by atoms with van der Waals surface area (Å²) in [6, 6.07) is 0. The van der Waals surface area contributed by atoms with Crippen LogP contribution in [0.3, 0.4) is 0 Å². The maximum Gasteiger partial charge on any atom is 0.309 e. The summed E-state index contributed by atoms with van der Waals surface area (Å²) in [6.07, 6.45) is 5.92. The predicted molar refractivity (Wildman–Crippen MR) is 105 cm³/mol. The lowest BCUT2D eigenvalue weighted by Gasteiger charge is -2.35. The number of esters is 2. The summed E-state index contributed by atoms with van der Waals surface area (Å²) in [6.45, 7) is 5.75. The molecule has 2 aliphatic carbocycles. The summed E-state index contributed by atoms with van der Waals surface area (Å²) < 4.78 is 11.5. The van der Waals surface area contributed by atoms with Crippen molar-refractivity contribution in [3.8, 4) is 0 Å². The van der Waals surface area contributed by atoms with Crippen molar-refractivity contribution in [3.05, 3.63) is 0 Å². The Morgan fingerprint density at radius 2 is 1.71 bits per heavy atom. The van der Waals surface area contributed by atoms with E-state index in [4.69, 9.17) is 9.47 Å². The third-order valence-electron chi connectivity index (χ3n) is 6.38. The van der Waals surface area contributed by atoms with Gasteiger partial charge in [-0.05, 0) is 77.0 Å². The molecule has 0 radical (unpaired) electrons. The van der Waals surface area contributed by atoms with Crippen LogP contribution in [0.5, 0.6) is 0 Å². The van der Waals surface area contributed by atoms with E-state index < -0.39 is 6.10 Å². The van der Waals surface area contributed by atoms with Gasteiger partial charge in [-0.1, -0.05) is 13.8 Å². The summed E-state index contributed by atoms with van der Waals surface area (Å²) in [4.78, 5) is 24.9. The van der Waals surface area contributed by atoms with Gasteiger partial charge in [-0.2, -0.15) is 0 Å². The quantitative estimate of drug-likeness (QED) is 0.609. The predicted octanol–water partition coefficient (Wildman–Crippen LogP) is 3.37. The van der Waals surface area contributed by atoms with Crippen molar-refractivity contribution < 1.29 is 29.3 Å². The van der Waals surface area contributed by atoms with E-state index in [0.717, 1.165) is 0 Å². The monoisotopic (exact) mass is 398 g/mol. The highest BCUT2D eigenvalue weighted by molar-refractivity contribution is 5.73. The molecule has 0 aromatic rings. The zero-order valence-electron chi connectivity index (χ0n) is 17.6. The van der Waals surface area contributed by atoms with E-state index in [-0.39, 0.29) is 48.0 Å². The van der Waals surface area contributed by atoms with E-state index >= 15 is 0 Å². The summed E-state index contributed by atoms with van der Waals surface area (Å²) >= 11 is 0. The van der Waals surface area contributed by atoms with Crippen LogP contribution in [0.4, 0.5) is 0 Å². The van der Waals surface area contributed by atoms with E-state index in [1.54, 1.807) is 6.92 Å². The van der Waals surface area contributed by atoms with Gasteiger partial charge in [-0.15, -0.1) is 0 Å². The lowest BCUT2D eigenvalue weighted by atomic mass is 9.85. The largest absolute Gasteiger partial charge is 0.462 e. The zero-order chi connectivity index (χ0) is 20.7. The Bertz CT molecular complexity index is 497. The smallest absolute Gasteiger partial charge is 0.309 e. The molecule has 6 nitrogen and oxygen atoms in total. The van der Waals surface area contributed by atoms with Crippen LogP contribution in [0.1, 0.15) is 85.0 Å². The fraction of sp³-hybridized carbons (Fsp3) is 0.909. The molecular weight excluding hydrogens is 360 g/mol. The summed E-state index contributed by atoms with van der Waals surface area (Å²) in [5, 5.41) is 19.0. The second-order valence-corrected chi connectivity index (χ2v) is 8.86. The maximum atomic E-state index is 12.5. The molecule has 2 saturated carbocycles. The van der Waals surface area contributed by atoms with Crippen molar-refractivity contribution in [1.29, 1.82) is 0 Å². The van der Waals surface area contributed by atoms with Crippen LogP contribution in [0, 0.1) is 17.8 Å². The minimum absolute atomic E-state index is 0.0894. The molecule has 0 aliphatic heterocycles. The van der Waals surface area contributed by atoms with Gasteiger partial charge >= 0.3 is 11.9 Å². The molecule has 0 aromatic carbocycles. The fourth-order valence-electron chi connectivity index (χ4n) is 4.35. The minimum atomic E-state index is -0.404. The maximum absolute atomic E-state index is 12.5. The molecule has 0 bridgehead atoms. The second kappa shape index (κ2) is 11.1. The van der Waals surface area contributed by atoms with Gasteiger partial charge in [-0.3, -0.25) is 9.59 Å². The van der Waals surface area contributed by atoms with E-state index in [9.17, 15) is 19.8 Å². The van der Waals surface area contributed by atoms with E-state index in [2.05, 4.69) is 0 Å². The number of aliphatic hydroxyl groups is 2. The van der Waals surface area contributed by atoms with Crippen molar-refractivity contribution >= 4 is 11.9 Å². The topological polar surface area (TPSA) is 93.1 Å². The summed E-state index contributed by atoms with van der Waals surface area (Å²) in [5.41, 5.74) is 0. The molecule has 2 rings (SSSR count). The number of ether oxygens (including phenoxy) is 2. The number of aliphatic hydroxyl groups excluding tert-OH is 2. The standard InChI is InChI=1S/C22H38O6/c1-4-16(6-5-15(3)23)21(25)28-20-12-11-19(13-14(20)2)27-22(26)17-7-9-18(24)10-8-17/h14-20,23-24H,4-13H2,1-3H3. The van der Waals surface area contributed by atoms with E-state index in [0.29, 0.717) is 64.2 Å². The average Bonchev–Trinajstić information content (AvgIpc) is 2.64. The lowest BCUT2D eigenvalue weighted by molar-refractivity contribution is -0.168. The molecule has 5 atom stereocenters. The van der Waals surface area contributed by atoms with Crippen LogP contribution in [-0.4, -0.2) is 46.6 Å². The molecule has 0 saturated heterocycles. The number of rotatable bonds is 8. The van der Waals surface area contributed by atoms with Crippen molar-refractivity contribution in [2.24, 2.45) is 17.8 Å². The Hall–Kier alpha value is -1.14. The average molecular weight is 399 g/mol. The van der Waals surface area contributed by atoms with Crippen LogP contribution < -0.4 is 0 Å². The molecule has 2 aliphatic rings. The first-order valence-electron chi connectivity index (χ1n) is 11.1. The Balaban J connectivity index is 1.76. The van der Waals surface area contributed by atoms with Crippen LogP contribution in [-0.2, 0) is 19.1 Å². The first-order valence-corrected chi connectivity index (χ1v) is 11.1. The Morgan fingerprint density at radius 3 is 2.29 bits per heavy atom. The highest BCUT2D eigenvalue weighted by atomic mass is 16.6. The van der Waals surface area contributed by atoms with Gasteiger partial charge in [-0.25, -0.2) is 0 Å². The SMILES string of the molecule is CCC(CCC(C)O)C(=O)OC1CCC(OC(=O)C2CCC(O)CC2)CC1C. The lowest BCUT2D eigenvalue weighted by Crippen LogP contribution is -2.38. The number of carbonyl (C=O) groups excluding carboxylic acids is 2. The van der Waals surface area contributed by atoms with E-state index in [1.165, 1.54) is 0 Å². The Labute approximate surface area is 169 Å². The van der Waals surface area contributed by atoms with Crippen molar-refractivity contribution in [2.45, 2.75) is 109 Å². The van der Waals surface area contributed by atoms with Crippen LogP contribution in [0.15, 0.2) is 0 Å². The highest BCUT2D eigenvalue weighted by Gasteiger charge is 2.35. The molecule has 0 aromatic heterocycles. The molecule has 0 heterocycles.